The summed E-state index contributed by atoms with van der Waals surface area (Å²) in [6.45, 7) is 7.17. The van der Waals surface area contributed by atoms with Gasteiger partial charge in [0.15, 0.2) is 5.82 Å². The van der Waals surface area contributed by atoms with Gasteiger partial charge >= 0.3 is 0 Å². The van der Waals surface area contributed by atoms with Crippen molar-refractivity contribution < 1.29 is 0 Å². The fraction of sp³-hybridized carbons (Fsp3) is 0.0847. The van der Waals surface area contributed by atoms with E-state index in [9.17, 15) is 0 Å². The second kappa shape index (κ2) is 13.3. The smallest absolute Gasteiger partial charge is 0.161 e. The van der Waals surface area contributed by atoms with Crippen LogP contribution in [0.15, 0.2) is 200 Å². The first-order valence-electron chi connectivity index (χ1n) is 21.3. The van der Waals surface area contributed by atoms with Crippen molar-refractivity contribution in [3.8, 4) is 67.3 Å². The van der Waals surface area contributed by atoms with Crippen molar-refractivity contribution >= 4 is 21.5 Å². The number of hydrogen-bond acceptors (Lipinski definition) is 2. The Morgan fingerprint density at radius 2 is 0.902 bits per heavy atom. The molecule has 12 rings (SSSR count). The highest BCUT2D eigenvalue weighted by Crippen LogP contribution is 2.57. The number of aromatic nitrogens is 2. The van der Waals surface area contributed by atoms with Gasteiger partial charge in [0.1, 0.15) is 0 Å². The first-order chi connectivity index (χ1) is 29.9. The molecule has 0 saturated heterocycles. The van der Waals surface area contributed by atoms with E-state index in [4.69, 9.17) is 9.97 Å². The maximum Gasteiger partial charge on any atom is 0.161 e. The number of hydrogen-bond donors (Lipinski definition) is 0. The van der Waals surface area contributed by atoms with Crippen LogP contribution >= 0.6 is 0 Å². The summed E-state index contributed by atoms with van der Waals surface area (Å²) < 4.78 is 0. The second-order valence-corrected chi connectivity index (χ2v) is 17.4. The maximum atomic E-state index is 5.55. The highest BCUT2D eigenvalue weighted by Gasteiger charge is 2.42. The molecule has 1 atom stereocenters. The molecule has 0 spiro atoms. The predicted molar refractivity (Wildman–Crippen MR) is 254 cm³/mol. The van der Waals surface area contributed by atoms with Crippen molar-refractivity contribution in [3.63, 3.8) is 0 Å². The van der Waals surface area contributed by atoms with Crippen LogP contribution in [-0.2, 0) is 10.8 Å². The monoisotopic (exact) mass is 778 g/mol. The molecule has 61 heavy (non-hydrogen) atoms. The average Bonchev–Trinajstić information content (AvgIpc) is 3.73. The molecule has 9 aromatic carbocycles. The van der Waals surface area contributed by atoms with E-state index in [1.165, 1.54) is 77.4 Å². The Kier molecular flexibility index (Phi) is 7.74. The molecular weight excluding hydrogens is 737 g/mol. The molecule has 1 heterocycles. The van der Waals surface area contributed by atoms with E-state index in [1.807, 2.05) is 0 Å². The Bertz CT molecular complexity index is 3400. The van der Waals surface area contributed by atoms with Gasteiger partial charge in [0.25, 0.3) is 0 Å². The summed E-state index contributed by atoms with van der Waals surface area (Å²) in [6.07, 6.45) is 0. The van der Waals surface area contributed by atoms with Crippen molar-refractivity contribution in [2.24, 2.45) is 0 Å². The maximum absolute atomic E-state index is 5.55. The molecule has 0 aliphatic heterocycles. The van der Waals surface area contributed by atoms with E-state index >= 15 is 0 Å². The highest BCUT2D eigenvalue weighted by molar-refractivity contribution is 6.07. The van der Waals surface area contributed by atoms with Crippen LogP contribution < -0.4 is 0 Å². The molecule has 0 fully saturated rings. The minimum absolute atomic E-state index is 0.199. The van der Waals surface area contributed by atoms with E-state index in [2.05, 4.69) is 221 Å². The molecule has 1 unspecified atom stereocenters. The van der Waals surface area contributed by atoms with Crippen molar-refractivity contribution in [2.45, 2.75) is 31.6 Å². The van der Waals surface area contributed by atoms with Crippen LogP contribution in [-0.4, -0.2) is 9.97 Å². The van der Waals surface area contributed by atoms with Crippen LogP contribution in [0.5, 0.6) is 0 Å². The number of benzene rings is 9. The van der Waals surface area contributed by atoms with Crippen LogP contribution in [0.25, 0.3) is 88.8 Å². The summed E-state index contributed by atoms with van der Waals surface area (Å²) in [5, 5.41) is 4.93. The van der Waals surface area contributed by atoms with Crippen molar-refractivity contribution in [1.29, 1.82) is 0 Å². The molecule has 0 amide bonds. The molecule has 1 aromatic heterocycles. The van der Waals surface area contributed by atoms with E-state index in [-0.39, 0.29) is 10.8 Å². The zero-order valence-electron chi connectivity index (χ0n) is 34.4. The zero-order valence-corrected chi connectivity index (χ0v) is 34.4. The van der Waals surface area contributed by atoms with Gasteiger partial charge in [-0.15, -0.1) is 0 Å². The summed E-state index contributed by atoms with van der Waals surface area (Å²) in [6, 6.07) is 72.9. The van der Waals surface area contributed by atoms with Crippen LogP contribution in [0, 0.1) is 0 Å². The lowest BCUT2D eigenvalue weighted by molar-refractivity contribution is 0.668. The molecule has 288 valence electrons. The number of fused-ring (bicyclic) bond motifs is 9. The van der Waals surface area contributed by atoms with Crippen LogP contribution in [0.4, 0.5) is 0 Å². The number of nitrogens with zero attached hydrogens (tertiary/aromatic N) is 2. The first-order valence-corrected chi connectivity index (χ1v) is 21.3. The molecule has 2 nitrogen and oxygen atoms in total. The van der Waals surface area contributed by atoms with Gasteiger partial charge < -0.3 is 0 Å². The molecule has 0 bridgehead atoms. The Labute approximate surface area is 356 Å². The van der Waals surface area contributed by atoms with Gasteiger partial charge in [0.05, 0.1) is 11.4 Å². The van der Waals surface area contributed by atoms with E-state index in [1.54, 1.807) is 0 Å². The lowest BCUT2D eigenvalue weighted by Crippen LogP contribution is -2.22. The van der Waals surface area contributed by atoms with E-state index in [0.717, 1.165) is 33.5 Å². The summed E-state index contributed by atoms with van der Waals surface area (Å²) >= 11 is 0. The van der Waals surface area contributed by atoms with Gasteiger partial charge in [-0.3, -0.25) is 0 Å². The van der Waals surface area contributed by atoms with Gasteiger partial charge in [0, 0.05) is 27.5 Å². The fourth-order valence-corrected chi connectivity index (χ4v) is 11.0. The predicted octanol–water partition coefficient (Wildman–Crippen LogP) is 15.1. The molecule has 0 N–H and O–H groups in total. The van der Waals surface area contributed by atoms with Crippen LogP contribution in [0.2, 0.25) is 0 Å². The SMILES string of the molecule is CC1(C)c2c(cccc2-c2ccc(-c3nc(-c4ccccc4)cc(-c4cccc5c4-c4ccccc4C5(C)c4ccccc4)n3)c3ccccc23)-c2ccc3ccccc3c21. The summed E-state index contributed by atoms with van der Waals surface area (Å²) in [7, 11) is 0. The normalized spacial score (nSPS) is 15.7. The van der Waals surface area contributed by atoms with Crippen molar-refractivity contribution in [3.05, 3.63) is 228 Å². The third-order valence-corrected chi connectivity index (χ3v) is 13.7. The molecule has 2 heteroatoms. The number of rotatable bonds is 5. The lowest BCUT2D eigenvalue weighted by atomic mass is 9.74. The minimum Gasteiger partial charge on any atom is -0.228 e. The Balaban J connectivity index is 1.06. The molecule has 2 aliphatic carbocycles. The summed E-state index contributed by atoms with van der Waals surface area (Å²) in [4.78, 5) is 10.9. The van der Waals surface area contributed by atoms with E-state index in [0.29, 0.717) is 5.82 Å². The Morgan fingerprint density at radius 1 is 0.361 bits per heavy atom. The van der Waals surface area contributed by atoms with Crippen molar-refractivity contribution in [1.82, 2.24) is 9.97 Å². The third kappa shape index (κ3) is 5.15. The molecule has 0 radical (unpaired) electrons. The molecule has 10 aromatic rings. The average molecular weight is 779 g/mol. The van der Waals surface area contributed by atoms with Gasteiger partial charge in [-0.25, -0.2) is 9.97 Å². The quantitative estimate of drug-likeness (QED) is 0.174. The van der Waals surface area contributed by atoms with Gasteiger partial charge in [-0.05, 0) is 102 Å². The van der Waals surface area contributed by atoms with Crippen LogP contribution in [0.3, 0.4) is 0 Å². The topological polar surface area (TPSA) is 25.8 Å². The Morgan fingerprint density at radius 3 is 1.70 bits per heavy atom. The standard InChI is InChI=1S/C59H42N2/c1-58(2)55-40-23-11-10-18-37(40)32-33-46(55)45-28-16-27-44(56(45)58)43-34-35-47(42-25-13-12-24-41(42)43)57-60-52(38-19-6-4-7-20-38)36-53(61-57)49-29-17-31-51-54(49)48-26-14-15-30-50(48)59(51,3)39-21-8-5-9-22-39/h4-36H,1-3H3. The molecule has 2 aliphatic rings. The van der Waals surface area contributed by atoms with Gasteiger partial charge in [-0.2, -0.15) is 0 Å². The lowest BCUT2D eigenvalue weighted by Gasteiger charge is -2.28. The fourth-order valence-electron chi connectivity index (χ4n) is 11.0. The summed E-state index contributed by atoms with van der Waals surface area (Å²) in [5.74, 6) is 0.714. The summed E-state index contributed by atoms with van der Waals surface area (Å²) in [5.41, 5.74) is 18.8. The molecular formula is C59H42N2. The minimum atomic E-state index is -0.312. The second-order valence-electron chi connectivity index (χ2n) is 17.4. The zero-order chi connectivity index (χ0) is 40.9. The largest absolute Gasteiger partial charge is 0.228 e. The highest BCUT2D eigenvalue weighted by atomic mass is 14.9. The van der Waals surface area contributed by atoms with Gasteiger partial charge in [-0.1, -0.05) is 202 Å². The van der Waals surface area contributed by atoms with Crippen molar-refractivity contribution in [2.75, 3.05) is 0 Å². The first kappa shape index (κ1) is 35.5. The third-order valence-electron chi connectivity index (χ3n) is 13.7. The Hall–Kier alpha value is -7.42. The van der Waals surface area contributed by atoms with E-state index < -0.39 is 0 Å². The van der Waals surface area contributed by atoms with Crippen LogP contribution in [0.1, 0.15) is 48.6 Å². The van der Waals surface area contributed by atoms with Gasteiger partial charge in [0.2, 0.25) is 0 Å². The molecule has 0 saturated carbocycles.